The molecule has 16 heavy (non-hydrogen) atoms. The number of aliphatic hydroxyl groups excluding tert-OH is 2. The van der Waals surface area contributed by atoms with Crippen LogP contribution in [0, 0.1) is 0 Å². The minimum absolute atomic E-state index is 0.0101. The molecule has 0 saturated carbocycles. The first-order valence-corrected chi connectivity index (χ1v) is 5.07. The SMILES string of the molecule is CC(=O)N[C@@H]1[C@@H](O)C[C@@H](C(=O)[O-])[NH2+][C@@H]1CO. The molecule has 0 aromatic carbocycles. The molecule has 1 rings (SSSR count). The van der Waals surface area contributed by atoms with Gasteiger partial charge < -0.3 is 30.7 Å². The lowest BCUT2D eigenvalue weighted by Gasteiger charge is -2.37. The van der Waals surface area contributed by atoms with Crippen LogP contribution in [0.25, 0.3) is 0 Å². The van der Waals surface area contributed by atoms with Gasteiger partial charge in [0.25, 0.3) is 0 Å². The lowest BCUT2D eigenvalue weighted by Crippen LogP contribution is -3.04. The van der Waals surface area contributed by atoms with Gasteiger partial charge in [0.2, 0.25) is 5.91 Å². The van der Waals surface area contributed by atoms with Crippen LogP contribution in [0.4, 0.5) is 0 Å². The number of piperidine rings is 1. The number of carbonyl (C=O) groups is 2. The van der Waals surface area contributed by atoms with Crippen molar-refractivity contribution < 1.29 is 30.2 Å². The number of nitrogens with two attached hydrogens (primary N) is 1. The number of carbonyl (C=O) groups excluding carboxylic acids is 2. The van der Waals surface area contributed by atoms with E-state index in [4.69, 9.17) is 5.11 Å². The molecule has 0 aromatic heterocycles. The number of aliphatic hydroxyl groups is 2. The van der Waals surface area contributed by atoms with E-state index in [-0.39, 0.29) is 18.9 Å². The molecule has 0 aromatic rings. The van der Waals surface area contributed by atoms with E-state index in [1.54, 1.807) is 0 Å². The Labute approximate surface area is 92.5 Å². The predicted octanol–water partition coefficient (Wildman–Crippen LogP) is -4.70. The highest BCUT2D eigenvalue weighted by molar-refractivity contribution is 5.73. The van der Waals surface area contributed by atoms with Crippen molar-refractivity contribution in [3.05, 3.63) is 0 Å². The maximum Gasteiger partial charge on any atom is 0.217 e. The first kappa shape index (κ1) is 12.9. The van der Waals surface area contributed by atoms with Crippen LogP contribution in [0.15, 0.2) is 0 Å². The van der Waals surface area contributed by atoms with E-state index in [1.807, 2.05) is 0 Å². The topological polar surface area (TPSA) is 126 Å². The average Bonchev–Trinajstić information content (AvgIpc) is 2.19. The number of aliphatic carboxylic acids is 1. The highest BCUT2D eigenvalue weighted by Gasteiger charge is 2.40. The van der Waals surface area contributed by atoms with E-state index in [9.17, 15) is 19.8 Å². The number of nitrogens with one attached hydrogen (secondary N) is 1. The summed E-state index contributed by atoms with van der Waals surface area (Å²) in [5.74, 6) is -1.61. The molecule has 92 valence electrons. The summed E-state index contributed by atoms with van der Waals surface area (Å²) in [5, 5.41) is 33.4. The maximum absolute atomic E-state index is 10.9. The van der Waals surface area contributed by atoms with E-state index in [0.717, 1.165) is 0 Å². The molecule has 0 radical (unpaired) electrons. The van der Waals surface area contributed by atoms with Gasteiger partial charge in [0, 0.05) is 13.3 Å². The normalized spacial score (nSPS) is 34.4. The Morgan fingerprint density at radius 1 is 1.56 bits per heavy atom. The Balaban J connectivity index is 2.72. The molecule has 7 nitrogen and oxygen atoms in total. The zero-order valence-corrected chi connectivity index (χ0v) is 8.92. The molecule has 0 unspecified atom stereocenters. The highest BCUT2D eigenvalue weighted by atomic mass is 16.4. The number of rotatable bonds is 3. The molecule has 1 aliphatic rings. The van der Waals surface area contributed by atoms with Crippen LogP contribution in [0.5, 0.6) is 0 Å². The lowest BCUT2D eigenvalue weighted by molar-refractivity contribution is -0.729. The standard InChI is InChI=1S/C9H16N2O5/c1-4(13)10-8-6(3-12)11-5(9(15)16)2-7(8)14/h5-8,11-12,14H,2-3H2,1H3,(H,10,13)(H,15,16)/t5-,6+,7-,8-/m0/s1. The van der Waals surface area contributed by atoms with Gasteiger partial charge in [0.1, 0.15) is 18.1 Å². The quantitative estimate of drug-likeness (QED) is 0.389. The molecule has 4 atom stereocenters. The third kappa shape index (κ3) is 2.91. The summed E-state index contributed by atoms with van der Waals surface area (Å²) < 4.78 is 0. The van der Waals surface area contributed by atoms with E-state index < -0.39 is 30.2 Å². The second-order valence-electron chi connectivity index (χ2n) is 3.99. The van der Waals surface area contributed by atoms with E-state index in [2.05, 4.69) is 5.32 Å². The van der Waals surface area contributed by atoms with Crippen LogP contribution in [0.1, 0.15) is 13.3 Å². The van der Waals surface area contributed by atoms with Crippen LogP contribution in [-0.4, -0.2) is 52.9 Å². The largest absolute Gasteiger partial charge is 0.544 e. The van der Waals surface area contributed by atoms with Crippen molar-refractivity contribution in [2.45, 2.75) is 37.6 Å². The maximum atomic E-state index is 10.9. The highest BCUT2D eigenvalue weighted by Crippen LogP contribution is 2.09. The fraction of sp³-hybridized carbons (Fsp3) is 0.778. The Hall–Kier alpha value is -1.18. The van der Waals surface area contributed by atoms with Crippen molar-refractivity contribution in [3.8, 4) is 0 Å². The number of carboxylic acids is 1. The van der Waals surface area contributed by atoms with Crippen LogP contribution >= 0.6 is 0 Å². The molecule has 1 heterocycles. The molecule has 1 aliphatic heterocycles. The van der Waals surface area contributed by atoms with Gasteiger partial charge in [0.15, 0.2) is 0 Å². The Morgan fingerprint density at radius 3 is 2.62 bits per heavy atom. The summed E-state index contributed by atoms with van der Waals surface area (Å²) in [7, 11) is 0. The van der Waals surface area contributed by atoms with Crippen LogP contribution in [-0.2, 0) is 9.59 Å². The molecular formula is C9H16N2O5. The summed E-state index contributed by atoms with van der Waals surface area (Å²) in [6.07, 6.45) is -1.00. The molecule has 0 spiro atoms. The zero-order valence-electron chi connectivity index (χ0n) is 8.92. The third-order valence-electron chi connectivity index (χ3n) is 2.73. The molecular weight excluding hydrogens is 216 g/mol. The molecule has 1 amide bonds. The Kier molecular flexibility index (Phi) is 4.22. The summed E-state index contributed by atoms with van der Waals surface area (Å²) in [5.41, 5.74) is 0. The van der Waals surface area contributed by atoms with Gasteiger partial charge in [-0.05, 0) is 0 Å². The molecule has 7 heteroatoms. The molecule has 0 aliphatic carbocycles. The van der Waals surface area contributed by atoms with E-state index in [1.165, 1.54) is 12.2 Å². The minimum atomic E-state index is -1.28. The number of hydrogen-bond donors (Lipinski definition) is 4. The third-order valence-corrected chi connectivity index (χ3v) is 2.73. The zero-order chi connectivity index (χ0) is 12.3. The van der Waals surface area contributed by atoms with Gasteiger partial charge in [-0.3, -0.25) is 4.79 Å². The molecule has 1 fully saturated rings. The van der Waals surface area contributed by atoms with E-state index in [0.29, 0.717) is 0 Å². The predicted molar refractivity (Wildman–Crippen MR) is 49.8 cm³/mol. The van der Waals surface area contributed by atoms with Crippen molar-refractivity contribution in [1.82, 2.24) is 5.32 Å². The van der Waals surface area contributed by atoms with Crippen LogP contribution in [0.2, 0.25) is 0 Å². The molecule has 0 bridgehead atoms. The van der Waals surface area contributed by atoms with Crippen molar-refractivity contribution in [3.63, 3.8) is 0 Å². The summed E-state index contributed by atoms with van der Waals surface area (Å²) in [4.78, 5) is 21.6. The van der Waals surface area contributed by atoms with Gasteiger partial charge in [-0.25, -0.2) is 0 Å². The lowest BCUT2D eigenvalue weighted by atomic mass is 9.91. The average molecular weight is 232 g/mol. The number of carboxylic acid groups (broad SMARTS) is 1. The Bertz CT molecular complexity index is 283. The fourth-order valence-corrected chi connectivity index (χ4v) is 1.98. The fourth-order valence-electron chi connectivity index (χ4n) is 1.98. The second kappa shape index (κ2) is 5.24. The van der Waals surface area contributed by atoms with Gasteiger partial charge in [0.05, 0.1) is 18.7 Å². The second-order valence-corrected chi connectivity index (χ2v) is 3.99. The van der Waals surface area contributed by atoms with Gasteiger partial charge in [-0.15, -0.1) is 0 Å². The number of quaternary nitrogens is 1. The summed E-state index contributed by atoms with van der Waals surface area (Å²) >= 11 is 0. The first-order valence-electron chi connectivity index (χ1n) is 5.07. The van der Waals surface area contributed by atoms with Crippen LogP contribution < -0.4 is 15.7 Å². The van der Waals surface area contributed by atoms with Crippen molar-refractivity contribution in [1.29, 1.82) is 0 Å². The Morgan fingerprint density at radius 2 is 2.19 bits per heavy atom. The van der Waals surface area contributed by atoms with Crippen LogP contribution in [0.3, 0.4) is 0 Å². The molecule has 5 N–H and O–H groups in total. The first-order chi connectivity index (χ1) is 7.45. The minimum Gasteiger partial charge on any atom is -0.544 e. The molecule has 1 saturated heterocycles. The van der Waals surface area contributed by atoms with Crippen molar-refractivity contribution in [2.24, 2.45) is 0 Å². The summed E-state index contributed by atoms with van der Waals surface area (Å²) in [6, 6.07) is -2.11. The number of hydrogen-bond acceptors (Lipinski definition) is 5. The van der Waals surface area contributed by atoms with Gasteiger partial charge >= 0.3 is 0 Å². The van der Waals surface area contributed by atoms with Crippen molar-refractivity contribution in [2.75, 3.05) is 6.61 Å². The van der Waals surface area contributed by atoms with Crippen molar-refractivity contribution >= 4 is 11.9 Å². The monoisotopic (exact) mass is 232 g/mol. The van der Waals surface area contributed by atoms with Gasteiger partial charge in [-0.2, -0.15) is 0 Å². The van der Waals surface area contributed by atoms with E-state index >= 15 is 0 Å². The smallest absolute Gasteiger partial charge is 0.217 e. The summed E-state index contributed by atoms with van der Waals surface area (Å²) in [6.45, 7) is 0.970. The number of amides is 1. The van der Waals surface area contributed by atoms with Gasteiger partial charge in [-0.1, -0.05) is 0 Å².